The minimum absolute atomic E-state index is 0.0249. The molecular formula is C23H32N2O3S. The highest BCUT2D eigenvalue weighted by Crippen LogP contribution is 2.25. The smallest absolute Gasteiger partial charge is 0.238 e. The predicted octanol–water partition coefficient (Wildman–Crippen LogP) is 4.53. The number of anilines is 1. The summed E-state index contributed by atoms with van der Waals surface area (Å²) >= 11 is 0. The van der Waals surface area contributed by atoms with Crippen molar-refractivity contribution in [2.24, 2.45) is 5.92 Å². The number of hydrogen-bond donors (Lipinski definition) is 2. The van der Waals surface area contributed by atoms with Gasteiger partial charge < -0.3 is 10.6 Å². The lowest BCUT2D eigenvalue weighted by atomic mass is 9.92. The zero-order valence-electron chi connectivity index (χ0n) is 17.9. The quantitative estimate of drug-likeness (QED) is 0.630. The van der Waals surface area contributed by atoms with Crippen molar-refractivity contribution in [1.29, 1.82) is 0 Å². The Bertz CT molecular complexity index is 921. The average Bonchev–Trinajstić information content (AvgIpc) is 2.67. The number of amides is 1. The molecule has 0 aliphatic heterocycles. The Hall–Kier alpha value is -2.18. The van der Waals surface area contributed by atoms with E-state index in [2.05, 4.69) is 62.6 Å². The van der Waals surface area contributed by atoms with Crippen molar-refractivity contribution < 1.29 is 13.2 Å². The van der Waals surface area contributed by atoms with Crippen LogP contribution in [0.1, 0.15) is 57.2 Å². The molecule has 2 N–H and O–H groups in total. The SMILES string of the molecule is CC[C@@H](C)c1ccc([C@H](NCC(=O)Nc2ccccc2S(C)(=O)=O)C(C)C)cc1. The number of benzene rings is 2. The summed E-state index contributed by atoms with van der Waals surface area (Å²) in [6.45, 7) is 8.70. The van der Waals surface area contributed by atoms with Crippen LogP contribution in [0, 0.1) is 5.92 Å². The molecule has 2 rings (SSSR count). The highest BCUT2D eigenvalue weighted by atomic mass is 32.2. The van der Waals surface area contributed by atoms with Gasteiger partial charge in [-0.1, -0.05) is 64.1 Å². The first-order chi connectivity index (χ1) is 13.6. The van der Waals surface area contributed by atoms with E-state index < -0.39 is 9.84 Å². The van der Waals surface area contributed by atoms with Gasteiger partial charge in [0.15, 0.2) is 9.84 Å². The predicted molar refractivity (Wildman–Crippen MR) is 119 cm³/mol. The molecule has 2 aromatic rings. The van der Waals surface area contributed by atoms with Crippen LogP contribution in [0.2, 0.25) is 0 Å². The number of para-hydroxylation sites is 1. The van der Waals surface area contributed by atoms with Crippen molar-refractivity contribution in [3.05, 3.63) is 59.7 Å². The summed E-state index contributed by atoms with van der Waals surface area (Å²) in [6, 6.07) is 15.0. The summed E-state index contributed by atoms with van der Waals surface area (Å²) in [4.78, 5) is 12.6. The van der Waals surface area contributed by atoms with Gasteiger partial charge in [-0.2, -0.15) is 0 Å². The molecule has 29 heavy (non-hydrogen) atoms. The van der Waals surface area contributed by atoms with Crippen molar-refractivity contribution >= 4 is 21.4 Å². The monoisotopic (exact) mass is 416 g/mol. The summed E-state index contributed by atoms with van der Waals surface area (Å²) in [5.41, 5.74) is 2.76. The molecule has 0 saturated heterocycles. The van der Waals surface area contributed by atoms with E-state index in [-0.39, 0.29) is 23.4 Å². The third-order valence-corrected chi connectivity index (χ3v) is 6.34. The van der Waals surface area contributed by atoms with Crippen LogP contribution >= 0.6 is 0 Å². The Morgan fingerprint density at radius 3 is 2.10 bits per heavy atom. The summed E-state index contributed by atoms with van der Waals surface area (Å²) in [5.74, 6) is 0.540. The van der Waals surface area contributed by atoms with Crippen LogP contribution in [0.15, 0.2) is 53.4 Å². The molecule has 158 valence electrons. The third kappa shape index (κ3) is 6.41. The topological polar surface area (TPSA) is 75.3 Å². The summed E-state index contributed by atoms with van der Waals surface area (Å²) < 4.78 is 23.8. The third-order valence-electron chi connectivity index (χ3n) is 5.19. The molecule has 0 fully saturated rings. The first kappa shape index (κ1) is 23.1. The Morgan fingerprint density at radius 1 is 0.966 bits per heavy atom. The molecule has 0 spiro atoms. The molecule has 0 aliphatic rings. The van der Waals surface area contributed by atoms with Gasteiger partial charge in [0, 0.05) is 12.3 Å². The number of hydrogen-bond acceptors (Lipinski definition) is 4. The Morgan fingerprint density at radius 2 is 1.55 bits per heavy atom. The molecule has 2 atom stereocenters. The lowest BCUT2D eigenvalue weighted by molar-refractivity contribution is -0.115. The molecule has 6 heteroatoms. The van der Waals surface area contributed by atoms with E-state index in [1.165, 1.54) is 11.6 Å². The van der Waals surface area contributed by atoms with Crippen molar-refractivity contribution in [3.63, 3.8) is 0 Å². The van der Waals surface area contributed by atoms with E-state index in [9.17, 15) is 13.2 Å². The molecule has 1 amide bonds. The highest BCUT2D eigenvalue weighted by molar-refractivity contribution is 7.90. The fourth-order valence-corrected chi connectivity index (χ4v) is 4.14. The second-order valence-corrected chi connectivity index (χ2v) is 9.88. The molecule has 0 heterocycles. The molecule has 5 nitrogen and oxygen atoms in total. The Kier molecular flexibility index (Phi) is 7.99. The maximum absolute atomic E-state index is 12.5. The normalized spacial score (nSPS) is 13.9. The van der Waals surface area contributed by atoms with Gasteiger partial charge >= 0.3 is 0 Å². The number of carbonyl (C=O) groups excluding carboxylic acids is 1. The largest absolute Gasteiger partial charge is 0.324 e. The fourth-order valence-electron chi connectivity index (χ4n) is 3.30. The van der Waals surface area contributed by atoms with Gasteiger partial charge in [-0.05, 0) is 41.5 Å². The Balaban J connectivity index is 2.07. The van der Waals surface area contributed by atoms with Crippen LogP contribution in [-0.4, -0.2) is 27.1 Å². The van der Waals surface area contributed by atoms with Crippen molar-refractivity contribution in [3.8, 4) is 0 Å². The first-order valence-corrected chi connectivity index (χ1v) is 11.9. The van der Waals surface area contributed by atoms with Crippen molar-refractivity contribution in [2.75, 3.05) is 18.1 Å². The average molecular weight is 417 g/mol. The van der Waals surface area contributed by atoms with Gasteiger partial charge in [-0.15, -0.1) is 0 Å². The highest BCUT2D eigenvalue weighted by Gasteiger charge is 2.18. The van der Waals surface area contributed by atoms with Crippen LogP contribution in [0.4, 0.5) is 5.69 Å². The number of carbonyl (C=O) groups is 1. The van der Waals surface area contributed by atoms with Crippen molar-refractivity contribution in [2.45, 2.75) is 51.0 Å². The van der Waals surface area contributed by atoms with Gasteiger partial charge in [0.2, 0.25) is 5.91 Å². The summed E-state index contributed by atoms with van der Waals surface area (Å²) in [7, 11) is -3.42. The van der Waals surface area contributed by atoms with E-state index in [4.69, 9.17) is 0 Å². The minimum Gasteiger partial charge on any atom is -0.324 e. The molecule has 2 aromatic carbocycles. The van der Waals surface area contributed by atoms with Gasteiger partial charge in [-0.25, -0.2) is 8.42 Å². The lowest BCUT2D eigenvalue weighted by Crippen LogP contribution is -2.33. The van der Waals surface area contributed by atoms with Gasteiger partial charge in [-0.3, -0.25) is 4.79 Å². The van der Waals surface area contributed by atoms with E-state index in [1.54, 1.807) is 18.2 Å². The van der Waals surface area contributed by atoms with Crippen LogP contribution < -0.4 is 10.6 Å². The molecule has 0 aliphatic carbocycles. The van der Waals surface area contributed by atoms with Gasteiger partial charge in [0.1, 0.15) is 0 Å². The number of nitrogens with one attached hydrogen (secondary N) is 2. The van der Waals surface area contributed by atoms with E-state index in [1.807, 2.05) is 0 Å². The number of rotatable bonds is 9. The molecule has 0 bridgehead atoms. The van der Waals surface area contributed by atoms with E-state index in [0.717, 1.165) is 18.2 Å². The summed E-state index contributed by atoms with van der Waals surface area (Å²) in [6.07, 6.45) is 2.23. The van der Waals surface area contributed by atoms with Crippen LogP contribution in [0.25, 0.3) is 0 Å². The first-order valence-electron chi connectivity index (χ1n) is 10.1. The number of sulfone groups is 1. The standard InChI is InChI=1S/C23H32N2O3S/c1-6-17(4)18-11-13-19(14-12-18)23(16(2)3)24-15-22(26)25-20-9-7-8-10-21(20)29(5,27)28/h7-14,16-17,23-24H,6,15H2,1-5H3,(H,25,26)/t17-,23-/m1/s1. The molecule has 0 unspecified atom stereocenters. The van der Waals surface area contributed by atoms with E-state index in [0.29, 0.717) is 17.5 Å². The van der Waals surface area contributed by atoms with Crippen molar-refractivity contribution in [1.82, 2.24) is 5.32 Å². The van der Waals surface area contributed by atoms with Gasteiger partial charge in [0.25, 0.3) is 0 Å². The summed E-state index contributed by atoms with van der Waals surface area (Å²) in [5, 5.41) is 6.03. The second-order valence-electron chi connectivity index (χ2n) is 7.90. The molecule has 0 radical (unpaired) electrons. The molecule has 0 saturated carbocycles. The van der Waals surface area contributed by atoms with Gasteiger partial charge in [0.05, 0.1) is 17.1 Å². The minimum atomic E-state index is -3.42. The zero-order valence-corrected chi connectivity index (χ0v) is 18.7. The zero-order chi connectivity index (χ0) is 21.6. The fraction of sp³-hybridized carbons (Fsp3) is 0.435. The lowest BCUT2D eigenvalue weighted by Gasteiger charge is -2.23. The van der Waals surface area contributed by atoms with Crippen LogP contribution in [-0.2, 0) is 14.6 Å². The van der Waals surface area contributed by atoms with E-state index >= 15 is 0 Å². The Labute approximate surface area is 174 Å². The van der Waals surface area contributed by atoms with Crippen LogP contribution in [0.3, 0.4) is 0 Å². The molecule has 0 aromatic heterocycles. The molecular weight excluding hydrogens is 384 g/mol. The van der Waals surface area contributed by atoms with Crippen LogP contribution in [0.5, 0.6) is 0 Å². The maximum Gasteiger partial charge on any atom is 0.238 e. The maximum atomic E-state index is 12.5. The second kappa shape index (κ2) is 10.0.